The molecule has 0 aliphatic carbocycles. The van der Waals surface area contributed by atoms with E-state index in [1.807, 2.05) is 0 Å². The van der Waals surface area contributed by atoms with E-state index in [-0.39, 0.29) is 0 Å². The second-order valence-corrected chi connectivity index (χ2v) is 6.94. The molecule has 1 rings (SSSR count). The van der Waals surface area contributed by atoms with Gasteiger partial charge in [-0.25, -0.2) is 0 Å². The maximum Gasteiger partial charge on any atom is 0.0357 e. The van der Waals surface area contributed by atoms with Gasteiger partial charge in [0, 0.05) is 15.0 Å². The summed E-state index contributed by atoms with van der Waals surface area (Å²) in [6, 6.07) is 4.89. The first-order valence-corrected chi connectivity index (χ1v) is 8.76. The van der Waals surface area contributed by atoms with Crippen molar-refractivity contribution < 1.29 is 0 Å². The molecule has 0 aliphatic heterocycles. The Kier molecular flexibility index (Phi) is 7.63. The molecule has 0 amide bonds. The van der Waals surface area contributed by atoms with Crippen molar-refractivity contribution in [3.8, 4) is 0 Å². The summed E-state index contributed by atoms with van der Waals surface area (Å²) in [5.74, 6) is 0.700. The van der Waals surface area contributed by atoms with Crippen LogP contribution in [0.5, 0.6) is 0 Å². The predicted molar refractivity (Wildman–Crippen MR) is 91.7 cm³/mol. The molecule has 108 valence electrons. The Hall–Kier alpha value is 0.140. The summed E-state index contributed by atoms with van der Waals surface area (Å²) in [4.78, 5) is 0. The molecule has 0 aromatic heterocycles. The molecule has 0 aliphatic rings. The lowest BCUT2D eigenvalue weighted by atomic mass is 9.86. The van der Waals surface area contributed by atoms with Crippen LogP contribution in [-0.4, -0.2) is 7.05 Å². The number of nitrogens with one attached hydrogen (secondary N) is 1. The monoisotopic (exact) mass is 389 g/mol. The van der Waals surface area contributed by atoms with Crippen molar-refractivity contribution in [2.45, 2.75) is 52.5 Å². The Morgan fingerprint density at radius 1 is 1.05 bits per heavy atom. The first-order valence-electron chi connectivity index (χ1n) is 7.17. The highest BCUT2D eigenvalue weighted by Crippen LogP contribution is 2.36. The van der Waals surface area contributed by atoms with Crippen LogP contribution >= 0.6 is 31.9 Å². The number of hydrogen-bond acceptors (Lipinski definition) is 1. The fourth-order valence-corrected chi connectivity index (χ4v) is 3.83. The minimum atomic E-state index is 0.422. The molecular weight excluding hydrogens is 366 g/mol. The molecule has 0 heterocycles. The third-order valence-electron chi connectivity index (χ3n) is 3.71. The fraction of sp³-hybridized carbons (Fsp3) is 0.625. The van der Waals surface area contributed by atoms with Gasteiger partial charge in [-0.1, -0.05) is 58.5 Å². The molecule has 0 fully saturated rings. The zero-order chi connectivity index (χ0) is 14.4. The molecule has 3 heteroatoms. The lowest BCUT2D eigenvalue weighted by Gasteiger charge is -2.28. The lowest BCUT2D eigenvalue weighted by Crippen LogP contribution is -2.25. The summed E-state index contributed by atoms with van der Waals surface area (Å²) in [7, 11) is 2.07. The van der Waals surface area contributed by atoms with Gasteiger partial charge in [0.15, 0.2) is 0 Å². The molecule has 1 nitrogen and oxygen atoms in total. The van der Waals surface area contributed by atoms with Crippen LogP contribution in [0.1, 0.15) is 56.7 Å². The highest BCUT2D eigenvalue weighted by atomic mass is 79.9. The van der Waals surface area contributed by atoms with E-state index >= 15 is 0 Å². The van der Waals surface area contributed by atoms with E-state index in [1.54, 1.807) is 0 Å². The molecule has 19 heavy (non-hydrogen) atoms. The van der Waals surface area contributed by atoms with Crippen molar-refractivity contribution >= 4 is 31.9 Å². The topological polar surface area (TPSA) is 12.0 Å². The quantitative estimate of drug-likeness (QED) is 0.602. The third-order valence-corrected chi connectivity index (χ3v) is 5.26. The minimum Gasteiger partial charge on any atom is -0.313 e. The van der Waals surface area contributed by atoms with Crippen molar-refractivity contribution in [2.24, 2.45) is 5.92 Å². The first-order chi connectivity index (χ1) is 9.04. The number of rotatable bonds is 7. The van der Waals surface area contributed by atoms with Gasteiger partial charge in [0.2, 0.25) is 0 Å². The van der Waals surface area contributed by atoms with E-state index in [2.05, 4.69) is 77.1 Å². The first kappa shape index (κ1) is 17.2. The molecular formula is C16H25Br2N. The zero-order valence-corrected chi connectivity index (χ0v) is 15.6. The Morgan fingerprint density at radius 3 is 2.11 bits per heavy atom. The number of hydrogen-bond donors (Lipinski definition) is 1. The molecule has 1 aromatic rings. The van der Waals surface area contributed by atoms with E-state index in [0.29, 0.717) is 12.0 Å². The maximum atomic E-state index is 3.73. The van der Waals surface area contributed by atoms with Gasteiger partial charge in [-0.15, -0.1) is 0 Å². The van der Waals surface area contributed by atoms with Crippen molar-refractivity contribution in [3.63, 3.8) is 0 Å². The van der Waals surface area contributed by atoms with E-state index in [0.717, 1.165) is 0 Å². The van der Waals surface area contributed by atoms with Gasteiger partial charge >= 0.3 is 0 Å². The number of halogens is 2. The van der Waals surface area contributed by atoms with Crippen LogP contribution in [0.3, 0.4) is 0 Å². The van der Waals surface area contributed by atoms with Crippen molar-refractivity contribution in [3.05, 3.63) is 32.2 Å². The van der Waals surface area contributed by atoms with Crippen molar-refractivity contribution in [2.75, 3.05) is 7.05 Å². The normalized spacial score (nSPS) is 13.0. The fourth-order valence-electron chi connectivity index (χ4n) is 2.76. The Labute approximate surface area is 134 Å². The summed E-state index contributed by atoms with van der Waals surface area (Å²) in [5.41, 5.74) is 2.64. The Morgan fingerprint density at radius 2 is 1.63 bits per heavy atom. The molecule has 1 N–H and O–H groups in total. The van der Waals surface area contributed by atoms with Crippen LogP contribution in [0.4, 0.5) is 0 Å². The SMILES string of the molecule is CCCC(CCC)C(NC)c1cc(Br)c(C)cc1Br. The number of aryl methyl sites for hydroxylation is 1. The van der Waals surface area contributed by atoms with E-state index in [9.17, 15) is 0 Å². The predicted octanol–water partition coefficient (Wildman–Crippen LogP) is 6.00. The van der Waals surface area contributed by atoms with Gasteiger partial charge in [-0.2, -0.15) is 0 Å². The molecule has 1 unspecified atom stereocenters. The highest BCUT2D eigenvalue weighted by Gasteiger charge is 2.22. The molecule has 1 atom stereocenters. The maximum absolute atomic E-state index is 3.73. The third kappa shape index (κ3) is 4.57. The Balaban J connectivity index is 3.10. The van der Waals surface area contributed by atoms with Crippen LogP contribution in [0.25, 0.3) is 0 Å². The second-order valence-electron chi connectivity index (χ2n) is 5.23. The minimum absolute atomic E-state index is 0.422. The average molecular weight is 391 g/mol. The largest absolute Gasteiger partial charge is 0.313 e. The van der Waals surface area contributed by atoms with Crippen molar-refractivity contribution in [1.82, 2.24) is 5.32 Å². The summed E-state index contributed by atoms with van der Waals surface area (Å²) in [6.45, 7) is 6.67. The second kappa shape index (κ2) is 8.43. The summed E-state index contributed by atoms with van der Waals surface area (Å²) in [5, 5.41) is 3.52. The van der Waals surface area contributed by atoms with Gasteiger partial charge in [-0.05, 0) is 56.0 Å². The van der Waals surface area contributed by atoms with Crippen LogP contribution in [0.2, 0.25) is 0 Å². The van der Waals surface area contributed by atoms with E-state index in [1.165, 1.54) is 45.8 Å². The van der Waals surface area contributed by atoms with Gasteiger partial charge in [0.25, 0.3) is 0 Å². The van der Waals surface area contributed by atoms with Gasteiger partial charge in [0.1, 0.15) is 0 Å². The van der Waals surface area contributed by atoms with E-state index in [4.69, 9.17) is 0 Å². The summed E-state index contributed by atoms with van der Waals surface area (Å²) < 4.78 is 2.41. The van der Waals surface area contributed by atoms with Crippen LogP contribution in [0, 0.1) is 12.8 Å². The molecule has 0 spiro atoms. The lowest BCUT2D eigenvalue weighted by molar-refractivity contribution is 0.330. The number of benzene rings is 1. The molecule has 1 aromatic carbocycles. The smallest absolute Gasteiger partial charge is 0.0357 e. The molecule has 0 saturated heterocycles. The van der Waals surface area contributed by atoms with E-state index < -0.39 is 0 Å². The zero-order valence-electron chi connectivity index (χ0n) is 12.4. The average Bonchev–Trinajstić information content (AvgIpc) is 2.37. The molecule has 0 saturated carbocycles. The van der Waals surface area contributed by atoms with Crippen molar-refractivity contribution in [1.29, 1.82) is 0 Å². The Bertz CT molecular complexity index is 398. The van der Waals surface area contributed by atoms with Crippen LogP contribution in [0.15, 0.2) is 21.1 Å². The molecule has 0 radical (unpaired) electrons. The van der Waals surface area contributed by atoms with Crippen LogP contribution < -0.4 is 5.32 Å². The summed E-state index contributed by atoms with van der Waals surface area (Å²) >= 11 is 7.39. The van der Waals surface area contributed by atoms with Gasteiger partial charge in [-0.3, -0.25) is 0 Å². The summed E-state index contributed by atoms with van der Waals surface area (Å²) in [6.07, 6.45) is 5.04. The van der Waals surface area contributed by atoms with Crippen LogP contribution in [-0.2, 0) is 0 Å². The highest BCUT2D eigenvalue weighted by molar-refractivity contribution is 9.11. The van der Waals surface area contributed by atoms with Gasteiger partial charge in [0.05, 0.1) is 0 Å². The standard InChI is InChI=1S/C16H25Br2N/c1-5-7-12(8-6-2)16(19-4)13-10-14(17)11(3)9-15(13)18/h9-10,12,16,19H,5-8H2,1-4H3. The van der Waals surface area contributed by atoms with Gasteiger partial charge < -0.3 is 5.32 Å². The molecule has 0 bridgehead atoms.